The van der Waals surface area contributed by atoms with Crippen molar-refractivity contribution in [3.8, 4) is 0 Å². The van der Waals surface area contributed by atoms with Gasteiger partial charge < -0.3 is 15.5 Å². The van der Waals surface area contributed by atoms with E-state index in [-0.39, 0.29) is 35.6 Å². The molecule has 1 saturated heterocycles. The Hall–Kier alpha value is -1.80. The average molecular weight is 394 g/mol. The number of carbonyl (C=O) groups is 2. The van der Waals surface area contributed by atoms with Crippen LogP contribution >= 0.6 is 12.4 Å². The minimum Gasteiger partial charge on any atom is -0.350 e. The van der Waals surface area contributed by atoms with Gasteiger partial charge in [-0.25, -0.2) is 0 Å². The van der Waals surface area contributed by atoms with Gasteiger partial charge in [-0.3, -0.25) is 9.59 Å². The summed E-state index contributed by atoms with van der Waals surface area (Å²) in [6.07, 6.45) is -3.69. The monoisotopic (exact) mass is 393 g/mol. The molecule has 2 amide bonds. The lowest BCUT2D eigenvalue weighted by atomic mass is 10.1. The van der Waals surface area contributed by atoms with Crippen molar-refractivity contribution in [2.75, 3.05) is 24.5 Å². The molecule has 1 aromatic rings. The molecule has 0 aromatic heterocycles. The molecule has 0 unspecified atom stereocenters. The predicted octanol–water partition coefficient (Wildman–Crippen LogP) is 2.98. The van der Waals surface area contributed by atoms with Crippen molar-refractivity contribution >= 4 is 29.9 Å². The van der Waals surface area contributed by atoms with Gasteiger partial charge in [-0.05, 0) is 38.1 Å². The second-order valence-corrected chi connectivity index (χ2v) is 6.08. The van der Waals surface area contributed by atoms with Crippen molar-refractivity contribution in [1.82, 2.24) is 10.6 Å². The molecule has 0 spiro atoms. The molecule has 1 aromatic carbocycles. The fourth-order valence-electron chi connectivity index (χ4n) is 2.75. The first-order valence-corrected chi connectivity index (χ1v) is 8.26. The molecule has 0 saturated carbocycles. The normalized spacial score (nSPS) is 15.6. The Kier molecular flexibility index (Phi) is 7.89. The lowest BCUT2D eigenvalue weighted by Gasteiger charge is -2.19. The number of benzene rings is 1. The summed E-state index contributed by atoms with van der Waals surface area (Å²) >= 11 is 0. The van der Waals surface area contributed by atoms with Crippen LogP contribution in [0.25, 0.3) is 0 Å². The number of anilines is 1. The Morgan fingerprint density at radius 1 is 1.31 bits per heavy atom. The maximum Gasteiger partial charge on any atom is 0.416 e. The quantitative estimate of drug-likeness (QED) is 0.781. The zero-order valence-corrected chi connectivity index (χ0v) is 15.5. The molecular weight excluding hydrogens is 371 g/mol. The van der Waals surface area contributed by atoms with Gasteiger partial charge in [0.25, 0.3) is 5.91 Å². The SMILES string of the molecule is CCN[C@H](C)CNC(=O)c1cc(N2CCCC2=O)cc(C(F)(F)F)c1.Cl. The number of likely N-dealkylation sites (N-methyl/N-ethyl adjacent to an activating group) is 1. The van der Waals surface area contributed by atoms with Crippen LogP contribution in [0.15, 0.2) is 18.2 Å². The van der Waals surface area contributed by atoms with Crippen molar-refractivity contribution in [2.24, 2.45) is 0 Å². The Morgan fingerprint density at radius 2 is 2.00 bits per heavy atom. The van der Waals surface area contributed by atoms with E-state index in [1.807, 2.05) is 13.8 Å². The maximum atomic E-state index is 13.2. The highest BCUT2D eigenvalue weighted by molar-refractivity contribution is 5.99. The second-order valence-electron chi connectivity index (χ2n) is 6.08. The standard InChI is InChI=1S/C17H22F3N3O2.ClH/c1-3-21-11(2)10-22-16(25)12-7-13(17(18,19)20)9-14(8-12)23-6-4-5-15(23)24;/h7-9,11,21H,3-6,10H2,1-2H3,(H,22,25);1H/t11-;/m1./s1. The summed E-state index contributed by atoms with van der Waals surface area (Å²) in [6, 6.07) is 3.07. The Morgan fingerprint density at radius 3 is 2.54 bits per heavy atom. The minimum absolute atomic E-state index is 0. The smallest absolute Gasteiger partial charge is 0.350 e. The van der Waals surface area contributed by atoms with Crippen LogP contribution in [0.1, 0.15) is 42.6 Å². The van der Waals surface area contributed by atoms with E-state index in [2.05, 4.69) is 10.6 Å². The molecule has 1 aliphatic rings. The number of rotatable bonds is 6. The molecular formula is C17H23ClF3N3O2. The molecule has 1 atom stereocenters. The molecule has 9 heteroatoms. The largest absolute Gasteiger partial charge is 0.416 e. The molecule has 26 heavy (non-hydrogen) atoms. The predicted molar refractivity (Wildman–Crippen MR) is 95.8 cm³/mol. The first-order valence-electron chi connectivity index (χ1n) is 8.26. The Bertz CT molecular complexity index is 653. The summed E-state index contributed by atoms with van der Waals surface area (Å²) in [6.45, 7) is 5.16. The number of hydrogen-bond donors (Lipinski definition) is 2. The van der Waals surface area contributed by atoms with E-state index in [4.69, 9.17) is 0 Å². The molecule has 1 aliphatic heterocycles. The van der Waals surface area contributed by atoms with Crippen LogP contribution in [0, 0.1) is 0 Å². The van der Waals surface area contributed by atoms with E-state index < -0.39 is 17.6 Å². The number of alkyl halides is 3. The van der Waals surface area contributed by atoms with E-state index in [0.29, 0.717) is 25.9 Å². The molecule has 5 nitrogen and oxygen atoms in total. The van der Waals surface area contributed by atoms with Crippen LogP contribution in [0.5, 0.6) is 0 Å². The van der Waals surface area contributed by atoms with Gasteiger partial charge in [0.15, 0.2) is 0 Å². The lowest BCUT2D eigenvalue weighted by molar-refractivity contribution is -0.137. The fourth-order valence-corrected chi connectivity index (χ4v) is 2.75. The number of amides is 2. The zero-order valence-electron chi connectivity index (χ0n) is 14.7. The lowest BCUT2D eigenvalue weighted by Crippen LogP contribution is -2.39. The van der Waals surface area contributed by atoms with Gasteiger partial charge in [0, 0.05) is 36.8 Å². The van der Waals surface area contributed by atoms with Crippen LogP contribution in [0.2, 0.25) is 0 Å². The summed E-state index contributed by atoms with van der Waals surface area (Å²) in [7, 11) is 0. The van der Waals surface area contributed by atoms with Gasteiger partial charge in [0.05, 0.1) is 5.56 Å². The first kappa shape index (κ1) is 22.2. The summed E-state index contributed by atoms with van der Waals surface area (Å²) in [5.74, 6) is -0.824. The van der Waals surface area contributed by atoms with Crippen molar-refractivity contribution in [1.29, 1.82) is 0 Å². The highest BCUT2D eigenvalue weighted by Crippen LogP contribution is 2.34. The Balaban J connectivity index is 0.00000338. The minimum atomic E-state index is -4.59. The summed E-state index contributed by atoms with van der Waals surface area (Å²) < 4.78 is 39.5. The van der Waals surface area contributed by atoms with E-state index in [1.165, 1.54) is 11.0 Å². The number of nitrogens with one attached hydrogen (secondary N) is 2. The molecule has 1 fully saturated rings. The van der Waals surface area contributed by atoms with Gasteiger partial charge in [0.1, 0.15) is 0 Å². The number of carbonyl (C=O) groups excluding carboxylic acids is 2. The fraction of sp³-hybridized carbons (Fsp3) is 0.529. The van der Waals surface area contributed by atoms with Crippen LogP contribution < -0.4 is 15.5 Å². The van der Waals surface area contributed by atoms with Crippen molar-refractivity contribution < 1.29 is 22.8 Å². The molecule has 2 N–H and O–H groups in total. The second kappa shape index (κ2) is 9.23. The molecule has 1 heterocycles. The van der Waals surface area contributed by atoms with Crippen LogP contribution in [0.4, 0.5) is 18.9 Å². The summed E-state index contributed by atoms with van der Waals surface area (Å²) in [5, 5.41) is 5.72. The molecule has 0 bridgehead atoms. The van der Waals surface area contributed by atoms with Crippen LogP contribution in [-0.4, -0.2) is 37.5 Å². The van der Waals surface area contributed by atoms with Crippen molar-refractivity contribution in [3.05, 3.63) is 29.3 Å². The highest BCUT2D eigenvalue weighted by atomic mass is 35.5. The number of nitrogens with zero attached hydrogens (tertiary/aromatic N) is 1. The third kappa shape index (κ3) is 5.60. The van der Waals surface area contributed by atoms with Gasteiger partial charge in [-0.2, -0.15) is 13.2 Å². The first-order chi connectivity index (χ1) is 11.7. The van der Waals surface area contributed by atoms with Crippen LogP contribution in [0.3, 0.4) is 0 Å². The van der Waals surface area contributed by atoms with E-state index >= 15 is 0 Å². The highest BCUT2D eigenvalue weighted by Gasteiger charge is 2.33. The van der Waals surface area contributed by atoms with Gasteiger partial charge in [-0.1, -0.05) is 6.92 Å². The third-order valence-corrected chi connectivity index (χ3v) is 4.01. The topological polar surface area (TPSA) is 61.4 Å². The van der Waals surface area contributed by atoms with Gasteiger partial charge in [0.2, 0.25) is 5.91 Å². The maximum absolute atomic E-state index is 13.2. The molecule has 2 rings (SSSR count). The zero-order chi connectivity index (χ0) is 18.6. The summed E-state index contributed by atoms with van der Waals surface area (Å²) in [5.41, 5.74) is -0.926. The van der Waals surface area contributed by atoms with E-state index in [9.17, 15) is 22.8 Å². The van der Waals surface area contributed by atoms with Crippen molar-refractivity contribution in [3.63, 3.8) is 0 Å². The van der Waals surface area contributed by atoms with E-state index in [1.54, 1.807) is 0 Å². The van der Waals surface area contributed by atoms with Gasteiger partial charge >= 0.3 is 6.18 Å². The number of hydrogen-bond acceptors (Lipinski definition) is 3. The average Bonchev–Trinajstić information content (AvgIpc) is 2.97. The molecule has 0 radical (unpaired) electrons. The summed E-state index contributed by atoms with van der Waals surface area (Å²) in [4.78, 5) is 25.4. The van der Waals surface area contributed by atoms with Gasteiger partial charge in [-0.15, -0.1) is 12.4 Å². The molecule has 146 valence electrons. The van der Waals surface area contributed by atoms with Crippen LogP contribution in [-0.2, 0) is 11.0 Å². The number of halogens is 4. The Labute approximate surface area is 156 Å². The molecule has 0 aliphatic carbocycles. The van der Waals surface area contributed by atoms with Crippen molar-refractivity contribution in [2.45, 2.75) is 38.9 Å². The third-order valence-electron chi connectivity index (χ3n) is 4.01. The van der Waals surface area contributed by atoms with E-state index in [0.717, 1.165) is 18.7 Å².